The lowest BCUT2D eigenvalue weighted by Crippen LogP contribution is -2.13. The lowest BCUT2D eigenvalue weighted by Gasteiger charge is -2.18. The molecule has 1 aromatic heterocycles. The van der Waals surface area contributed by atoms with Crippen LogP contribution in [0, 0.1) is 26.7 Å². The number of thiophene rings is 1. The highest BCUT2D eigenvalue weighted by molar-refractivity contribution is 7.12. The first-order valence-electron chi connectivity index (χ1n) is 7.64. The molecule has 116 valence electrons. The van der Waals surface area contributed by atoms with Gasteiger partial charge in [0, 0.05) is 5.56 Å². The molecule has 0 bridgehead atoms. The molecule has 1 aromatic carbocycles. The predicted molar refractivity (Wildman–Crippen MR) is 91.1 cm³/mol. The maximum Gasteiger partial charge on any atom is 0.265 e. The zero-order valence-corrected chi connectivity index (χ0v) is 14.0. The van der Waals surface area contributed by atoms with Gasteiger partial charge in [0.05, 0.1) is 17.2 Å². The predicted octanol–water partition coefficient (Wildman–Crippen LogP) is 4.71. The Morgan fingerprint density at radius 2 is 2.09 bits per heavy atom. The van der Waals surface area contributed by atoms with E-state index in [1.807, 2.05) is 31.4 Å². The summed E-state index contributed by atoms with van der Waals surface area (Å²) in [7, 11) is 0. The van der Waals surface area contributed by atoms with Gasteiger partial charge in [0.2, 0.25) is 0 Å². The van der Waals surface area contributed by atoms with Crippen molar-refractivity contribution >= 4 is 22.9 Å². The van der Waals surface area contributed by atoms with E-state index >= 15 is 0 Å². The van der Waals surface area contributed by atoms with E-state index in [0.717, 1.165) is 39.6 Å². The summed E-state index contributed by atoms with van der Waals surface area (Å²) in [6, 6.07) is 5.81. The monoisotopic (exact) mass is 315 g/mol. The third kappa shape index (κ3) is 3.17. The van der Waals surface area contributed by atoms with Crippen LogP contribution >= 0.6 is 11.3 Å². The molecule has 1 heterocycles. The molecular formula is C18H21NO2S. The standard InChI is InChI=1S/C18H21NO2S/c1-11-9-12(2)17(21-10-14-6-7-14)13(3)16(11)19-18(20)15-5-4-8-22-15/h4-5,8-9,14H,6-7,10H2,1-3H3,(H,19,20). The molecule has 0 spiro atoms. The minimum Gasteiger partial charge on any atom is -0.493 e. The Kier molecular flexibility index (Phi) is 4.21. The minimum absolute atomic E-state index is 0.0572. The second-order valence-electron chi connectivity index (χ2n) is 6.03. The van der Waals surface area contributed by atoms with Crippen LogP contribution in [0.2, 0.25) is 0 Å². The summed E-state index contributed by atoms with van der Waals surface area (Å²) < 4.78 is 6.01. The number of rotatable bonds is 5. The summed E-state index contributed by atoms with van der Waals surface area (Å²) in [5.41, 5.74) is 4.08. The Morgan fingerprint density at radius 1 is 1.32 bits per heavy atom. The number of nitrogens with one attached hydrogen (secondary N) is 1. The van der Waals surface area contributed by atoms with Gasteiger partial charge in [-0.25, -0.2) is 0 Å². The van der Waals surface area contributed by atoms with E-state index in [1.165, 1.54) is 24.2 Å². The van der Waals surface area contributed by atoms with E-state index in [-0.39, 0.29) is 5.91 Å². The first-order valence-corrected chi connectivity index (χ1v) is 8.52. The first kappa shape index (κ1) is 15.1. The molecule has 1 amide bonds. The maximum absolute atomic E-state index is 12.3. The van der Waals surface area contributed by atoms with Gasteiger partial charge in [0.1, 0.15) is 5.75 Å². The van der Waals surface area contributed by atoms with Crippen molar-refractivity contribution in [2.24, 2.45) is 5.92 Å². The van der Waals surface area contributed by atoms with Gasteiger partial charge in [-0.3, -0.25) is 4.79 Å². The molecule has 1 fully saturated rings. The lowest BCUT2D eigenvalue weighted by atomic mass is 10.0. The molecule has 2 aromatic rings. The number of hydrogen-bond acceptors (Lipinski definition) is 3. The molecule has 1 aliphatic carbocycles. The van der Waals surface area contributed by atoms with Crippen molar-refractivity contribution in [3.8, 4) is 5.75 Å². The average molecular weight is 315 g/mol. The molecule has 0 unspecified atom stereocenters. The average Bonchev–Trinajstić information content (AvgIpc) is 3.13. The van der Waals surface area contributed by atoms with E-state index < -0.39 is 0 Å². The van der Waals surface area contributed by atoms with E-state index in [4.69, 9.17) is 4.74 Å². The van der Waals surface area contributed by atoms with Crippen molar-refractivity contribution in [1.82, 2.24) is 0 Å². The van der Waals surface area contributed by atoms with Gasteiger partial charge >= 0.3 is 0 Å². The molecule has 1 N–H and O–H groups in total. The topological polar surface area (TPSA) is 38.3 Å². The molecule has 4 heteroatoms. The van der Waals surface area contributed by atoms with Gasteiger partial charge in [-0.15, -0.1) is 11.3 Å². The SMILES string of the molecule is Cc1cc(C)c(OCC2CC2)c(C)c1NC(=O)c1cccs1. The van der Waals surface area contributed by atoms with Crippen LogP contribution in [0.15, 0.2) is 23.6 Å². The molecule has 3 rings (SSSR count). The summed E-state index contributed by atoms with van der Waals surface area (Å²) in [4.78, 5) is 13.0. The number of ether oxygens (including phenoxy) is 1. The third-order valence-corrected chi connectivity index (χ3v) is 4.91. The highest BCUT2D eigenvalue weighted by Crippen LogP contribution is 2.36. The summed E-state index contributed by atoms with van der Waals surface area (Å²) in [6.07, 6.45) is 2.54. The van der Waals surface area contributed by atoms with Gasteiger partial charge in [-0.1, -0.05) is 12.1 Å². The van der Waals surface area contributed by atoms with Crippen molar-refractivity contribution in [2.45, 2.75) is 33.6 Å². The fourth-order valence-electron chi connectivity index (χ4n) is 2.65. The molecule has 0 radical (unpaired) electrons. The largest absolute Gasteiger partial charge is 0.493 e. The molecule has 1 aliphatic rings. The summed E-state index contributed by atoms with van der Waals surface area (Å²) in [6.45, 7) is 6.89. The van der Waals surface area contributed by atoms with Gasteiger partial charge in [0.25, 0.3) is 5.91 Å². The fourth-order valence-corrected chi connectivity index (χ4v) is 3.27. The number of carbonyl (C=O) groups is 1. The number of benzene rings is 1. The van der Waals surface area contributed by atoms with Crippen molar-refractivity contribution in [2.75, 3.05) is 11.9 Å². The van der Waals surface area contributed by atoms with Crippen molar-refractivity contribution in [3.05, 3.63) is 45.1 Å². The third-order valence-electron chi connectivity index (χ3n) is 4.04. The Morgan fingerprint density at radius 3 is 2.73 bits per heavy atom. The summed E-state index contributed by atoms with van der Waals surface area (Å²) >= 11 is 1.45. The molecular weight excluding hydrogens is 294 g/mol. The molecule has 1 saturated carbocycles. The van der Waals surface area contributed by atoms with Crippen molar-refractivity contribution in [1.29, 1.82) is 0 Å². The Balaban J connectivity index is 1.85. The quantitative estimate of drug-likeness (QED) is 0.867. The van der Waals surface area contributed by atoms with E-state index in [9.17, 15) is 4.79 Å². The Hall–Kier alpha value is -1.81. The Bertz CT molecular complexity index is 688. The van der Waals surface area contributed by atoms with Crippen LogP contribution in [0.1, 0.15) is 39.2 Å². The van der Waals surface area contributed by atoms with E-state index in [0.29, 0.717) is 5.92 Å². The minimum atomic E-state index is -0.0572. The van der Waals surface area contributed by atoms with Crippen LogP contribution in [0.4, 0.5) is 5.69 Å². The molecule has 3 nitrogen and oxygen atoms in total. The maximum atomic E-state index is 12.3. The van der Waals surface area contributed by atoms with Crippen LogP contribution in [0.3, 0.4) is 0 Å². The van der Waals surface area contributed by atoms with Gasteiger partial charge in [-0.2, -0.15) is 0 Å². The molecule has 0 atom stereocenters. The zero-order chi connectivity index (χ0) is 15.7. The number of hydrogen-bond donors (Lipinski definition) is 1. The van der Waals surface area contributed by atoms with Crippen LogP contribution in [-0.4, -0.2) is 12.5 Å². The summed E-state index contributed by atoms with van der Waals surface area (Å²) in [5.74, 6) is 1.57. The normalized spacial score (nSPS) is 14.0. The first-order chi connectivity index (χ1) is 10.6. The lowest BCUT2D eigenvalue weighted by molar-refractivity contribution is 0.103. The second kappa shape index (κ2) is 6.13. The smallest absolute Gasteiger partial charge is 0.265 e. The fraction of sp³-hybridized carbons (Fsp3) is 0.389. The highest BCUT2D eigenvalue weighted by Gasteiger charge is 2.23. The number of carbonyl (C=O) groups excluding carboxylic acids is 1. The molecule has 22 heavy (non-hydrogen) atoms. The summed E-state index contributed by atoms with van der Waals surface area (Å²) in [5, 5.41) is 4.95. The number of aryl methyl sites for hydroxylation is 2. The van der Waals surface area contributed by atoms with Gasteiger partial charge in [-0.05, 0) is 62.1 Å². The molecule has 0 saturated heterocycles. The zero-order valence-electron chi connectivity index (χ0n) is 13.2. The molecule has 0 aliphatic heterocycles. The van der Waals surface area contributed by atoms with E-state index in [2.05, 4.69) is 18.3 Å². The highest BCUT2D eigenvalue weighted by atomic mass is 32.1. The van der Waals surface area contributed by atoms with Crippen LogP contribution in [0.25, 0.3) is 0 Å². The van der Waals surface area contributed by atoms with Crippen molar-refractivity contribution < 1.29 is 9.53 Å². The van der Waals surface area contributed by atoms with Gasteiger partial charge < -0.3 is 10.1 Å². The van der Waals surface area contributed by atoms with Crippen LogP contribution < -0.4 is 10.1 Å². The van der Waals surface area contributed by atoms with Crippen LogP contribution in [0.5, 0.6) is 5.75 Å². The van der Waals surface area contributed by atoms with Crippen LogP contribution in [-0.2, 0) is 0 Å². The van der Waals surface area contributed by atoms with Gasteiger partial charge in [0.15, 0.2) is 0 Å². The van der Waals surface area contributed by atoms with E-state index in [1.54, 1.807) is 0 Å². The van der Waals surface area contributed by atoms with Crippen molar-refractivity contribution in [3.63, 3.8) is 0 Å². The number of amides is 1. The second-order valence-corrected chi connectivity index (χ2v) is 6.97. The number of anilines is 1. The Labute approximate surface area is 135 Å².